The first-order valence-corrected chi connectivity index (χ1v) is 9.95. The van der Waals surface area contributed by atoms with Gasteiger partial charge in [-0.15, -0.1) is 0 Å². The Balaban J connectivity index is 1.56. The van der Waals surface area contributed by atoms with Crippen LogP contribution in [-0.2, 0) is 7.05 Å². The minimum Gasteiger partial charge on any atom is -0.494 e. The molecule has 0 fully saturated rings. The van der Waals surface area contributed by atoms with Gasteiger partial charge in [-0.25, -0.2) is 0 Å². The number of hydrogen-bond acceptors (Lipinski definition) is 4. The standard InChI is InChI=1S/C25H22N2O4/c1-3-30-20-13-14-23-21(15-20)24(28)22(16-27(23)2)25(29)26-17-9-11-19(12-10-17)31-18-7-5-4-6-8-18/h4-16H,3H2,1-2H3,(H,26,29). The molecule has 4 rings (SSSR count). The average molecular weight is 414 g/mol. The Kier molecular flexibility index (Phi) is 5.71. The summed E-state index contributed by atoms with van der Waals surface area (Å²) in [4.78, 5) is 25.8. The van der Waals surface area contributed by atoms with Crippen LogP contribution in [0.1, 0.15) is 17.3 Å². The molecule has 0 radical (unpaired) electrons. The number of amides is 1. The summed E-state index contributed by atoms with van der Waals surface area (Å²) in [6, 6.07) is 21.7. The van der Waals surface area contributed by atoms with E-state index in [1.165, 1.54) is 0 Å². The van der Waals surface area contributed by atoms with Crippen LogP contribution in [0.4, 0.5) is 5.69 Å². The largest absolute Gasteiger partial charge is 0.494 e. The molecule has 0 aliphatic carbocycles. The highest BCUT2D eigenvalue weighted by Crippen LogP contribution is 2.23. The summed E-state index contributed by atoms with van der Waals surface area (Å²) in [5.41, 5.74) is 1.02. The zero-order valence-corrected chi connectivity index (χ0v) is 17.3. The van der Waals surface area contributed by atoms with Crippen LogP contribution in [0.3, 0.4) is 0 Å². The fraction of sp³-hybridized carbons (Fsp3) is 0.120. The van der Waals surface area contributed by atoms with Gasteiger partial charge in [0, 0.05) is 18.9 Å². The predicted octanol–water partition coefficient (Wildman–Crippen LogP) is 4.98. The van der Waals surface area contributed by atoms with Crippen molar-refractivity contribution in [2.45, 2.75) is 6.92 Å². The van der Waals surface area contributed by atoms with E-state index in [4.69, 9.17) is 9.47 Å². The summed E-state index contributed by atoms with van der Waals surface area (Å²) < 4.78 is 13.0. The lowest BCUT2D eigenvalue weighted by molar-refractivity contribution is 0.102. The molecule has 1 N–H and O–H groups in total. The Morgan fingerprint density at radius 2 is 1.61 bits per heavy atom. The number of nitrogens with zero attached hydrogens (tertiary/aromatic N) is 1. The number of aromatic nitrogens is 1. The fourth-order valence-corrected chi connectivity index (χ4v) is 3.32. The quantitative estimate of drug-likeness (QED) is 0.483. The molecule has 156 valence electrons. The molecule has 0 unspecified atom stereocenters. The number of carbonyl (C=O) groups is 1. The van der Waals surface area contributed by atoms with Crippen LogP contribution in [0.25, 0.3) is 10.9 Å². The number of benzene rings is 3. The van der Waals surface area contributed by atoms with Crippen molar-refractivity contribution >= 4 is 22.5 Å². The normalized spacial score (nSPS) is 10.6. The van der Waals surface area contributed by atoms with Crippen LogP contribution < -0.4 is 20.2 Å². The van der Waals surface area contributed by atoms with Crippen LogP contribution in [-0.4, -0.2) is 17.1 Å². The van der Waals surface area contributed by atoms with E-state index < -0.39 is 5.91 Å². The number of anilines is 1. The van der Waals surface area contributed by atoms with Crippen molar-refractivity contribution in [1.29, 1.82) is 0 Å². The molecule has 1 amide bonds. The Morgan fingerprint density at radius 3 is 2.32 bits per heavy atom. The molecule has 6 heteroatoms. The molecule has 1 heterocycles. The molecule has 0 saturated heterocycles. The number of rotatable bonds is 6. The number of fused-ring (bicyclic) bond motifs is 1. The monoisotopic (exact) mass is 414 g/mol. The van der Waals surface area contributed by atoms with E-state index in [-0.39, 0.29) is 11.0 Å². The third kappa shape index (κ3) is 4.43. The van der Waals surface area contributed by atoms with Crippen molar-refractivity contribution in [1.82, 2.24) is 4.57 Å². The van der Waals surface area contributed by atoms with Crippen LogP contribution in [0.5, 0.6) is 17.2 Å². The van der Waals surface area contributed by atoms with Crippen LogP contribution >= 0.6 is 0 Å². The van der Waals surface area contributed by atoms with Crippen molar-refractivity contribution in [3.8, 4) is 17.2 Å². The lowest BCUT2D eigenvalue weighted by atomic mass is 10.1. The molecule has 6 nitrogen and oxygen atoms in total. The summed E-state index contributed by atoms with van der Waals surface area (Å²) in [5, 5.41) is 3.22. The van der Waals surface area contributed by atoms with Gasteiger partial charge in [-0.05, 0) is 61.5 Å². The van der Waals surface area contributed by atoms with Crippen molar-refractivity contribution in [2.24, 2.45) is 7.05 Å². The predicted molar refractivity (Wildman–Crippen MR) is 121 cm³/mol. The third-order valence-electron chi connectivity index (χ3n) is 4.81. The van der Waals surface area contributed by atoms with Gasteiger partial charge in [0.25, 0.3) is 5.91 Å². The molecular formula is C25H22N2O4. The maximum atomic E-state index is 13.0. The van der Waals surface area contributed by atoms with Crippen LogP contribution in [0, 0.1) is 0 Å². The second-order valence-electron chi connectivity index (χ2n) is 6.99. The number of nitrogens with one attached hydrogen (secondary N) is 1. The molecule has 31 heavy (non-hydrogen) atoms. The van der Waals surface area contributed by atoms with Gasteiger partial charge in [0.2, 0.25) is 5.43 Å². The van der Waals surface area contributed by atoms with Gasteiger partial charge < -0.3 is 19.4 Å². The Morgan fingerprint density at radius 1 is 0.935 bits per heavy atom. The fourth-order valence-electron chi connectivity index (χ4n) is 3.32. The summed E-state index contributed by atoms with van der Waals surface area (Å²) in [6.45, 7) is 2.37. The van der Waals surface area contributed by atoms with Gasteiger partial charge in [-0.2, -0.15) is 0 Å². The van der Waals surface area contributed by atoms with E-state index in [1.807, 2.05) is 49.4 Å². The maximum Gasteiger partial charge on any atom is 0.261 e. The summed E-state index contributed by atoms with van der Waals surface area (Å²) in [7, 11) is 1.80. The van der Waals surface area contributed by atoms with E-state index in [0.29, 0.717) is 29.2 Å². The third-order valence-corrected chi connectivity index (χ3v) is 4.81. The number of pyridine rings is 1. The Bertz CT molecular complexity index is 1280. The van der Waals surface area contributed by atoms with Crippen LogP contribution in [0.2, 0.25) is 0 Å². The highest BCUT2D eigenvalue weighted by atomic mass is 16.5. The SMILES string of the molecule is CCOc1ccc2c(c1)c(=O)c(C(=O)Nc1ccc(Oc3ccccc3)cc1)cn2C. The van der Waals surface area contributed by atoms with E-state index in [9.17, 15) is 9.59 Å². The molecule has 0 bridgehead atoms. The number of para-hydroxylation sites is 1. The topological polar surface area (TPSA) is 69.6 Å². The summed E-state index contributed by atoms with van der Waals surface area (Å²) >= 11 is 0. The first kappa shape index (κ1) is 20.2. The van der Waals surface area contributed by atoms with Crippen molar-refractivity contribution in [3.05, 3.63) is 94.8 Å². The highest BCUT2D eigenvalue weighted by Gasteiger charge is 2.15. The van der Waals surface area contributed by atoms with E-state index in [2.05, 4.69) is 5.32 Å². The lowest BCUT2D eigenvalue weighted by Crippen LogP contribution is -2.23. The van der Waals surface area contributed by atoms with E-state index in [0.717, 1.165) is 11.3 Å². The van der Waals surface area contributed by atoms with Crippen molar-refractivity contribution in [3.63, 3.8) is 0 Å². The first-order valence-electron chi connectivity index (χ1n) is 9.95. The number of ether oxygens (including phenoxy) is 2. The average Bonchev–Trinajstić information content (AvgIpc) is 2.78. The molecular weight excluding hydrogens is 392 g/mol. The molecule has 0 aliphatic rings. The molecule has 1 aromatic heterocycles. The molecule has 0 atom stereocenters. The van der Waals surface area contributed by atoms with Gasteiger partial charge in [0.1, 0.15) is 22.8 Å². The van der Waals surface area contributed by atoms with Crippen molar-refractivity contribution < 1.29 is 14.3 Å². The van der Waals surface area contributed by atoms with E-state index >= 15 is 0 Å². The maximum absolute atomic E-state index is 13.0. The summed E-state index contributed by atoms with van der Waals surface area (Å²) in [6.07, 6.45) is 1.55. The minimum atomic E-state index is -0.471. The molecule has 0 aliphatic heterocycles. The first-order chi connectivity index (χ1) is 15.0. The molecule has 0 saturated carbocycles. The lowest BCUT2D eigenvalue weighted by Gasteiger charge is -2.11. The number of hydrogen-bond donors (Lipinski definition) is 1. The minimum absolute atomic E-state index is 0.0632. The Hall–Kier alpha value is -4.06. The van der Waals surface area contributed by atoms with Gasteiger partial charge in [-0.1, -0.05) is 18.2 Å². The van der Waals surface area contributed by atoms with Gasteiger partial charge in [0.15, 0.2) is 0 Å². The second kappa shape index (κ2) is 8.75. The second-order valence-corrected chi connectivity index (χ2v) is 6.99. The molecule has 3 aromatic carbocycles. The molecule has 4 aromatic rings. The van der Waals surface area contributed by atoms with Gasteiger partial charge >= 0.3 is 0 Å². The van der Waals surface area contributed by atoms with Gasteiger partial charge in [0.05, 0.1) is 17.5 Å². The molecule has 0 spiro atoms. The van der Waals surface area contributed by atoms with Gasteiger partial charge in [-0.3, -0.25) is 9.59 Å². The number of aryl methyl sites for hydroxylation is 1. The van der Waals surface area contributed by atoms with E-state index in [1.54, 1.807) is 48.1 Å². The number of carbonyl (C=O) groups excluding carboxylic acids is 1. The smallest absolute Gasteiger partial charge is 0.261 e. The Labute approximate surface area is 179 Å². The zero-order chi connectivity index (χ0) is 21.8. The highest BCUT2D eigenvalue weighted by molar-refractivity contribution is 6.05. The van der Waals surface area contributed by atoms with Crippen LogP contribution in [0.15, 0.2) is 83.8 Å². The summed E-state index contributed by atoms with van der Waals surface area (Å²) in [5.74, 6) is 1.50. The zero-order valence-electron chi connectivity index (χ0n) is 17.3. The van der Waals surface area contributed by atoms with Crippen molar-refractivity contribution in [2.75, 3.05) is 11.9 Å².